The van der Waals surface area contributed by atoms with E-state index in [1.54, 1.807) is 13.4 Å². The summed E-state index contributed by atoms with van der Waals surface area (Å²) in [5, 5.41) is 0. The molecule has 0 radical (unpaired) electrons. The molecule has 0 aliphatic heterocycles. The zero-order valence-electron chi connectivity index (χ0n) is 12.5. The van der Waals surface area contributed by atoms with Crippen molar-refractivity contribution in [1.29, 1.82) is 0 Å². The molecule has 0 bridgehead atoms. The molecule has 114 valence electrons. The number of nitrogens with zero attached hydrogens (tertiary/aromatic N) is 5. The molecule has 0 saturated carbocycles. The summed E-state index contributed by atoms with van der Waals surface area (Å²) in [6.07, 6.45) is 3.60. The Kier molecular flexibility index (Phi) is 3.85. The summed E-state index contributed by atoms with van der Waals surface area (Å²) in [5.41, 5.74) is 10.2. The van der Waals surface area contributed by atoms with Gasteiger partial charge in [-0.05, 0) is 47.6 Å². The number of methoxy groups -OCH3 is 1. The van der Waals surface area contributed by atoms with E-state index < -0.39 is 0 Å². The molecule has 3 aromatic rings. The van der Waals surface area contributed by atoms with Crippen LogP contribution in [0.15, 0.2) is 12.5 Å². The molecular weight excluding hydrogens is 395 g/mol. The second-order valence-electron chi connectivity index (χ2n) is 4.94. The molecule has 0 unspecified atom stereocenters. The largest absolute Gasteiger partial charge is 0.495 e. The van der Waals surface area contributed by atoms with Crippen molar-refractivity contribution >= 4 is 39.7 Å². The minimum atomic E-state index is 0.245. The standard InChI is InChI=1S/C14H15IN6O/c1-7-9(4-17-8(2)11(7)22-3)5-21-6-18-10-12(15)19-14(16)20-13(10)21/h4,6H,5H2,1-3H3,(H2,16,19,20). The SMILES string of the molecule is COc1c(C)ncc(Cn2cnc3c(I)nc(N)nc32)c1C. The third-order valence-corrected chi connectivity index (χ3v) is 4.30. The smallest absolute Gasteiger partial charge is 0.223 e. The van der Waals surface area contributed by atoms with Crippen LogP contribution < -0.4 is 10.5 Å². The van der Waals surface area contributed by atoms with Gasteiger partial charge in [0.15, 0.2) is 5.65 Å². The third kappa shape index (κ3) is 2.47. The molecule has 7 nitrogen and oxygen atoms in total. The lowest BCUT2D eigenvalue weighted by Gasteiger charge is -2.13. The van der Waals surface area contributed by atoms with Gasteiger partial charge in [0.2, 0.25) is 5.95 Å². The second kappa shape index (κ2) is 5.67. The van der Waals surface area contributed by atoms with Gasteiger partial charge in [0, 0.05) is 6.20 Å². The van der Waals surface area contributed by atoms with E-state index in [0.717, 1.165) is 37.4 Å². The fourth-order valence-corrected chi connectivity index (χ4v) is 3.06. The van der Waals surface area contributed by atoms with E-state index in [4.69, 9.17) is 10.5 Å². The lowest BCUT2D eigenvalue weighted by molar-refractivity contribution is 0.405. The van der Waals surface area contributed by atoms with Gasteiger partial charge in [-0.25, -0.2) is 9.97 Å². The van der Waals surface area contributed by atoms with Crippen LogP contribution in [0.25, 0.3) is 11.2 Å². The molecule has 2 N–H and O–H groups in total. The number of aromatic nitrogens is 5. The Hall–Kier alpha value is -1.97. The highest BCUT2D eigenvalue weighted by molar-refractivity contribution is 14.1. The van der Waals surface area contributed by atoms with Crippen LogP contribution in [-0.4, -0.2) is 31.6 Å². The molecule has 0 aliphatic carbocycles. The van der Waals surface area contributed by atoms with Crippen molar-refractivity contribution in [1.82, 2.24) is 24.5 Å². The number of hydrogen-bond acceptors (Lipinski definition) is 6. The highest BCUT2D eigenvalue weighted by Crippen LogP contribution is 2.25. The number of rotatable bonds is 3. The summed E-state index contributed by atoms with van der Waals surface area (Å²) in [4.78, 5) is 17.2. The van der Waals surface area contributed by atoms with Gasteiger partial charge in [0.05, 0.1) is 25.7 Å². The van der Waals surface area contributed by atoms with Crippen LogP contribution in [0.1, 0.15) is 16.8 Å². The summed E-state index contributed by atoms with van der Waals surface area (Å²) in [7, 11) is 1.66. The fourth-order valence-electron chi connectivity index (χ4n) is 2.43. The molecular formula is C14H15IN6O. The predicted molar refractivity (Wildman–Crippen MR) is 91.8 cm³/mol. The summed E-state index contributed by atoms with van der Waals surface area (Å²) < 4.78 is 8.11. The average molecular weight is 410 g/mol. The first kappa shape index (κ1) is 14.9. The quantitative estimate of drug-likeness (QED) is 0.525. The number of pyridine rings is 1. The van der Waals surface area contributed by atoms with Crippen LogP contribution in [0, 0.1) is 17.5 Å². The Morgan fingerprint density at radius 1 is 1.27 bits per heavy atom. The Bertz CT molecular complexity index is 860. The van der Waals surface area contributed by atoms with E-state index >= 15 is 0 Å². The first-order chi connectivity index (χ1) is 10.5. The zero-order chi connectivity index (χ0) is 15.9. The van der Waals surface area contributed by atoms with Crippen molar-refractivity contribution in [3.8, 4) is 5.75 Å². The predicted octanol–water partition coefficient (Wildman–Crippen LogP) is 2.08. The van der Waals surface area contributed by atoms with Gasteiger partial charge in [0.1, 0.15) is 15.0 Å². The first-order valence-corrected chi connectivity index (χ1v) is 7.72. The van der Waals surface area contributed by atoms with Crippen LogP contribution >= 0.6 is 22.6 Å². The molecule has 0 saturated heterocycles. The normalized spacial score (nSPS) is 11.1. The zero-order valence-corrected chi connectivity index (χ0v) is 14.6. The highest BCUT2D eigenvalue weighted by Gasteiger charge is 2.14. The highest BCUT2D eigenvalue weighted by atomic mass is 127. The number of nitrogens with two attached hydrogens (primary N) is 1. The van der Waals surface area contributed by atoms with Gasteiger partial charge >= 0.3 is 0 Å². The molecule has 22 heavy (non-hydrogen) atoms. The van der Waals surface area contributed by atoms with Gasteiger partial charge in [-0.15, -0.1) is 0 Å². The first-order valence-electron chi connectivity index (χ1n) is 6.64. The van der Waals surface area contributed by atoms with E-state index in [1.165, 1.54) is 0 Å². The lowest BCUT2D eigenvalue weighted by Crippen LogP contribution is -2.06. The van der Waals surface area contributed by atoms with Crippen molar-refractivity contribution in [3.05, 3.63) is 33.0 Å². The molecule has 3 heterocycles. The fraction of sp³-hybridized carbons (Fsp3) is 0.286. The number of ether oxygens (including phenoxy) is 1. The number of aryl methyl sites for hydroxylation is 1. The molecule has 8 heteroatoms. The monoisotopic (exact) mass is 410 g/mol. The van der Waals surface area contributed by atoms with Gasteiger partial charge < -0.3 is 15.0 Å². The lowest BCUT2D eigenvalue weighted by atomic mass is 10.1. The Labute approximate surface area is 141 Å². The van der Waals surface area contributed by atoms with Gasteiger partial charge in [-0.2, -0.15) is 4.98 Å². The van der Waals surface area contributed by atoms with Crippen molar-refractivity contribution in [3.63, 3.8) is 0 Å². The van der Waals surface area contributed by atoms with Crippen LogP contribution in [0.4, 0.5) is 5.95 Å². The molecule has 0 aliphatic rings. The van der Waals surface area contributed by atoms with Crippen LogP contribution in [0.3, 0.4) is 0 Å². The number of fused-ring (bicyclic) bond motifs is 1. The van der Waals surface area contributed by atoms with Crippen molar-refractivity contribution < 1.29 is 4.74 Å². The van der Waals surface area contributed by atoms with E-state index in [1.807, 2.05) is 24.6 Å². The van der Waals surface area contributed by atoms with E-state index in [9.17, 15) is 0 Å². The number of halogens is 1. The topological polar surface area (TPSA) is 91.7 Å². The summed E-state index contributed by atoms with van der Waals surface area (Å²) in [6, 6.07) is 0. The summed E-state index contributed by atoms with van der Waals surface area (Å²) in [6.45, 7) is 4.55. The maximum atomic E-state index is 5.74. The van der Waals surface area contributed by atoms with E-state index in [-0.39, 0.29) is 5.95 Å². The van der Waals surface area contributed by atoms with Crippen molar-refractivity contribution in [2.24, 2.45) is 0 Å². The minimum absolute atomic E-state index is 0.245. The maximum absolute atomic E-state index is 5.74. The molecule has 0 aromatic carbocycles. The van der Waals surface area contributed by atoms with E-state index in [2.05, 4.69) is 42.5 Å². The van der Waals surface area contributed by atoms with Crippen LogP contribution in [-0.2, 0) is 6.54 Å². The molecule has 3 aromatic heterocycles. The van der Waals surface area contributed by atoms with Crippen LogP contribution in [0.2, 0.25) is 0 Å². The van der Waals surface area contributed by atoms with Crippen LogP contribution in [0.5, 0.6) is 5.75 Å². The van der Waals surface area contributed by atoms with Gasteiger partial charge in [-0.3, -0.25) is 4.98 Å². The molecule has 3 rings (SSSR count). The Morgan fingerprint density at radius 3 is 2.77 bits per heavy atom. The molecule has 0 atom stereocenters. The molecule has 0 amide bonds. The summed E-state index contributed by atoms with van der Waals surface area (Å²) in [5.74, 6) is 1.06. The second-order valence-corrected chi connectivity index (χ2v) is 5.97. The average Bonchev–Trinajstić information content (AvgIpc) is 2.86. The maximum Gasteiger partial charge on any atom is 0.223 e. The van der Waals surface area contributed by atoms with E-state index in [0.29, 0.717) is 6.54 Å². The number of hydrogen-bond donors (Lipinski definition) is 1. The van der Waals surface area contributed by atoms with Crippen molar-refractivity contribution in [2.75, 3.05) is 12.8 Å². The van der Waals surface area contributed by atoms with Gasteiger partial charge in [-0.1, -0.05) is 0 Å². The minimum Gasteiger partial charge on any atom is -0.495 e. The molecule has 0 spiro atoms. The Morgan fingerprint density at radius 2 is 2.05 bits per heavy atom. The Balaban J connectivity index is 2.08. The molecule has 0 fully saturated rings. The third-order valence-electron chi connectivity index (χ3n) is 3.55. The van der Waals surface area contributed by atoms with Gasteiger partial charge in [0.25, 0.3) is 0 Å². The number of imidazole rings is 1. The number of nitrogen functional groups attached to an aromatic ring is 1. The number of anilines is 1. The summed E-state index contributed by atoms with van der Waals surface area (Å²) >= 11 is 2.11. The van der Waals surface area contributed by atoms with Crippen molar-refractivity contribution in [2.45, 2.75) is 20.4 Å².